The van der Waals surface area contributed by atoms with E-state index in [1.54, 1.807) is 6.07 Å². The maximum Gasteiger partial charge on any atom is 0.311 e. The summed E-state index contributed by atoms with van der Waals surface area (Å²) < 4.78 is 5.43. The number of ether oxygens (including phenoxy) is 1. The van der Waals surface area contributed by atoms with Crippen molar-refractivity contribution in [2.24, 2.45) is 0 Å². The quantitative estimate of drug-likeness (QED) is 0.664. The summed E-state index contributed by atoms with van der Waals surface area (Å²) in [5, 5.41) is 29.9. The monoisotopic (exact) mass is 325 g/mol. The van der Waals surface area contributed by atoms with E-state index in [2.05, 4.69) is 15.9 Å². The summed E-state index contributed by atoms with van der Waals surface area (Å²) in [6.45, 7) is 0. The lowest BCUT2D eigenvalue weighted by Gasteiger charge is -2.08. The molecular weight excluding hydrogens is 318 g/mol. The Labute approximate surface area is 116 Å². The number of nitro groups is 1. The van der Waals surface area contributed by atoms with Crippen LogP contribution in [0.25, 0.3) is 0 Å². The van der Waals surface area contributed by atoms with E-state index in [1.165, 1.54) is 30.3 Å². The molecule has 2 aromatic rings. The number of aromatic hydroxyl groups is 2. The number of rotatable bonds is 3. The Hall–Kier alpha value is -2.28. The number of nitrogens with zero attached hydrogens (tertiary/aromatic N) is 1. The maximum atomic E-state index is 10.8. The highest BCUT2D eigenvalue weighted by Gasteiger charge is 2.16. The second-order valence-electron chi connectivity index (χ2n) is 3.60. The molecule has 0 amide bonds. The fourth-order valence-corrected chi connectivity index (χ4v) is 1.68. The zero-order chi connectivity index (χ0) is 14.0. The summed E-state index contributed by atoms with van der Waals surface area (Å²) in [5.41, 5.74) is -0.204. The predicted octanol–water partition coefficient (Wildman–Crippen LogP) is 3.56. The molecule has 0 saturated carbocycles. The van der Waals surface area contributed by atoms with Crippen molar-refractivity contribution < 1.29 is 19.9 Å². The molecule has 6 nitrogen and oxygen atoms in total. The first kappa shape index (κ1) is 13.2. The topological polar surface area (TPSA) is 92.8 Å². The molecule has 0 unspecified atom stereocenters. The van der Waals surface area contributed by atoms with Gasteiger partial charge in [0.2, 0.25) is 5.75 Å². The standard InChI is InChI=1S/C12H8BrNO5/c13-12-9(15)5-7(6-10(12)16)19-11-4-2-1-3-8(11)14(17)18/h1-6,15-16H. The number of phenols is 2. The molecule has 0 atom stereocenters. The molecule has 7 heteroatoms. The van der Waals surface area contributed by atoms with Crippen molar-refractivity contribution in [3.05, 3.63) is 51.0 Å². The fraction of sp³-hybridized carbons (Fsp3) is 0. The summed E-state index contributed by atoms with van der Waals surface area (Å²) in [4.78, 5) is 10.2. The lowest BCUT2D eigenvalue weighted by molar-refractivity contribution is -0.385. The molecule has 0 aromatic heterocycles. The van der Waals surface area contributed by atoms with Crippen LogP contribution in [0.4, 0.5) is 5.69 Å². The third kappa shape index (κ3) is 2.76. The van der Waals surface area contributed by atoms with Gasteiger partial charge in [0.25, 0.3) is 0 Å². The zero-order valence-electron chi connectivity index (χ0n) is 9.41. The Kier molecular flexibility index (Phi) is 3.57. The lowest BCUT2D eigenvalue weighted by Crippen LogP contribution is -1.93. The minimum atomic E-state index is -0.575. The van der Waals surface area contributed by atoms with Crippen molar-refractivity contribution >= 4 is 21.6 Å². The normalized spacial score (nSPS) is 10.2. The summed E-state index contributed by atoms with van der Waals surface area (Å²) in [6.07, 6.45) is 0. The van der Waals surface area contributed by atoms with Crippen molar-refractivity contribution in [1.29, 1.82) is 0 Å². The van der Waals surface area contributed by atoms with Gasteiger partial charge in [-0.1, -0.05) is 12.1 Å². The molecular formula is C12H8BrNO5. The molecule has 98 valence electrons. The molecule has 19 heavy (non-hydrogen) atoms. The van der Waals surface area contributed by atoms with Crippen molar-refractivity contribution in [3.8, 4) is 23.0 Å². The molecule has 0 aliphatic rings. The summed E-state index contributed by atoms with van der Waals surface area (Å²) in [6, 6.07) is 8.30. The van der Waals surface area contributed by atoms with E-state index in [0.717, 1.165) is 0 Å². The Morgan fingerprint density at radius 1 is 1.16 bits per heavy atom. The molecule has 0 radical (unpaired) electrons. The number of para-hydroxylation sites is 2. The van der Waals surface area contributed by atoms with Gasteiger partial charge in [0.15, 0.2) is 0 Å². The molecule has 0 saturated heterocycles. The van der Waals surface area contributed by atoms with Crippen LogP contribution in [0.5, 0.6) is 23.0 Å². The van der Waals surface area contributed by atoms with E-state index in [1.807, 2.05) is 0 Å². The Morgan fingerprint density at radius 3 is 2.32 bits per heavy atom. The summed E-state index contributed by atoms with van der Waals surface area (Å²) in [7, 11) is 0. The summed E-state index contributed by atoms with van der Waals surface area (Å²) in [5.74, 6) is -0.344. The highest BCUT2D eigenvalue weighted by Crippen LogP contribution is 2.39. The van der Waals surface area contributed by atoms with Gasteiger partial charge in [-0.2, -0.15) is 0 Å². The van der Waals surface area contributed by atoms with Gasteiger partial charge in [0, 0.05) is 18.2 Å². The summed E-state index contributed by atoms with van der Waals surface area (Å²) >= 11 is 2.97. The van der Waals surface area contributed by atoms with Gasteiger partial charge in [-0.3, -0.25) is 10.1 Å². The first-order valence-corrected chi connectivity index (χ1v) is 5.91. The van der Waals surface area contributed by atoms with Crippen LogP contribution in [0, 0.1) is 10.1 Å². The third-order valence-electron chi connectivity index (χ3n) is 2.30. The van der Waals surface area contributed by atoms with Gasteiger partial charge in [0.1, 0.15) is 21.7 Å². The first-order valence-electron chi connectivity index (χ1n) is 5.12. The fourth-order valence-electron chi connectivity index (χ4n) is 1.45. The van der Waals surface area contributed by atoms with Crippen LogP contribution in [0.2, 0.25) is 0 Å². The van der Waals surface area contributed by atoms with E-state index in [4.69, 9.17) is 4.74 Å². The van der Waals surface area contributed by atoms with Gasteiger partial charge in [-0.05, 0) is 22.0 Å². The van der Waals surface area contributed by atoms with Crippen LogP contribution in [0.15, 0.2) is 40.9 Å². The minimum Gasteiger partial charge on any atom is -0.506 e. The molecule has 0 aliphatic heterocycles. The number of hydrogen-bond acceptors (Lipinski definition) is 5. The zero-order valence-corrected chi connectivity index (χ0v) is 11.0. The average molecular weight is 326 g/mol. The Morgan fingerprint density at radius 2 is 1.74 bits per heavy atom. The molecule has 2 aromatic carbocycles. The minimum absolute atomic E-state index is 0.0219. The van der Waals surface area contributed by atoms with E-state index < -0.39 is 4.92 Å². The van der Waals surface area contributed by atoms with Gasteiger partial charge < -0.3 is 14.9 Å². The second kappa shape index (κ2) is 5.15. The van der Waals surface area contributed by atoms with Crippen molar-refractivity contribution in [1.82, 2.24) is 0 Å². The van der Waals surface area contributed by atoms with Gasteiger partial charge >= 0.3 is 5.69 Å². The molecule has 0 fully saturated rings. The molecule has 2 N–H and O–H groups in total. The Balaban J connectivity index is 2.39. The molecule has 0 spiro atoms. The lowest BCUT2D eigenvalue weighted by atomic mass is 10.3. The van der Waals surface area contributed by atoms with E-state index >= 15 is 0 Å². The average Bonchev–Trinajstić information content (AvgIpc) is 2.36. The van der Waals surface area contributed by atoms with E-state index in [0.29, 0.717) is 0 Å². The predicted molar refractivity (Wildman–Crippen MR) is 70.6 cm³/mol. The third-order valence-corrected chi connectivity index (χ3v) is 3.11. The second-order valence-corrected chi connectivity index (χ2v) is 4.40. The highest BCUT2D eigenvalue weighted by molar-refractivity contribution is 9.10. The SMILES string of the molecule is O=[N+]([O-])c1ccccc1Oc1cc(O)c(Br)c(O)c1. The van der Waals surface area contributed by atoms with Gasteiger partial charge in [0.05, 0.1) is 4.92 Å². The molecule has 0 bridgehead atoms. The smallest absolute Gasteiger partial charge is 0.311 e. The molecule has 2 rings (SSSR count). The van der Waals surface area contributed by atoms with Crippen molar-refractivity contribution in [2.75, 3.05) is 0 Å². The van der Waals surface area contributed by atoms with Crippen LogP contribution in [0.3, 0.4) is 0 Å². The molecule has 0 heterocycles. The number of hydrogen-bond donors (Lipinski definition) is 2. The van der Waals surface area contributed by atoms with Crippen molar-refractivity contribution in [2.45, 2.75) is 0 Å². The maximum absolute atomic E-state index is 10.8. The number of phenolic OH excluding ortho intramolecular Hbond substituents is 2. The molecule has 0 aliphatic carbocycles. The van der Waals surface area contributed by atoms with E-state index in [-0.39, 0.29) is 33.2 Å². The Bertz CT molecular complexity index is 621. The first-order chi connectivity index (χ1) is 8.99. The highest BCUT2D eigenvalue weighted by atomic mass is 79.9. The number of halogens is 1. The van der Waals surface area contributed by atoms with Gasteiger partial charge in [-0.25, -0.2) is 0 Å². The van der Waals surface area contributed by atoms with Crippen LogP contribution in [-0.2, 0) is 0 Å². The number of nitro benzene ring substituents is 1. The van der Waals surface area contributed by atoms with E-state index in [9.17, 15) is 20.3 Å². The van der Waals surface area contributed by atoms with Crippen LogP contribution >= 0.6 is 15.9 Å². The van der Waals surface area contributed by atoms with Gasteiger partial charge in [-0.15, -0.1) is 0 Å². The van der Waals surface area contributed by atoms with Crippen LogP contribution in [0.1, 0.15) is 0 Å². The van der Waals surface area contributed by atoms with Crippen LogP contribution in [-0.4, -0.2) is 15.1 Å². The van der Waals surface area contributed by atoms with Crippen LogP contribution < -0.4 is 4.74 Å². The number of benzene rings is 2. The largest absolute Gasteiger partial charge is 0.506 e. The van der Waals surface area contributed by atoms with Crippen molar-refractivity contribution in [3.63, 3.8) is 0 Å².